The van der Waals surface area contributed by atoms with Gasteiger partial charge in [0.05, 0.1) is 5.56 Å². The first-order valence-electron chi connectivity index (χ1n) is 4.28. The molecule has 0 bridgehead atoms. The molecule has 1 aromatic heterocycles. The molecule has 0 aromatic carbocycles. The Morgan fingerprint density at radius 2 is 1.93 bits per heavy atom. The SMILES string of the molecule is O=C(O)c1ccsc1N1C(=O)CCC1=O. The zero-order chi connectivity index (χ0) is 11.0. The van der Waals surface area contributed by atoms with E-state index in [1.165, 1.54) is 6.07 Å². The third kappa shape index (κ3) is 1.52. The highest BCUT2D eigenvalue weighted by Gasteiger charge is 2.33. The van der Waals surface area contributed by atoms with Gasteiger partial charge in [0, 0.05) is 12.8 Å². The summed E-state index contributed by atoms with van der Waals surface area (Å²) in [6.45, 7) is 0. The van der Waals surface area contributed by atoms with Crippen LogP contribution in [-0.4, -0.2) is 22.9 Å². The van der Waals surface area contributed by atoms with Crippen LogP contribution in [-0.2, 0) is 9.59 Å². The van der Waals surface area contributed by atoms with Gasteiger partial charge < -0.3 is 5.11 Å². The number of anilines is 1. The zero-order valence-corrected chi connectivity index (χ0v) is 8.41. The molecule has 5 nitrogen and oxygen atoms in total. The van der Waals surface area contributed by atoms with E-state index in [1.54, 1.807) is 5.38 Å². The highest BCUT2D eigenvalue weighted by molar-refractivity contribution is 7.15. The summed E-state index contributed by atoms with van der Waals surface area (Å²) in [5.74, 6) is -1.78. The number of nitrogens with zero attached hydrogens (tertiary/aromatic N) is 1. The Morgan fingerprint density at radius 3 is 2.47 bits per heavy atom. The number of hydrogen-bond acceptors (Lipinski definition) is 4. The van der Waals surface area contributed by atoms with Crippen LogP contribution in [0.3, 0.4) is 0 Å². The van der Waals surface area contributed by atoms with Crippen LogP contribution < -0.4 is 4.90 Å². The molecule has 0 saturated carbocycles. The summed E-state index contributed by atoms with van der Waals surface area (Å²) in [5, 5.41) is 10.6. The van der Waals surface area contributed by atoms with Crippen molar-refractivity contribution in [3.05, 3.63) is 17.0 Å². The van der Waals surface area contributed by atoms with E-state index in [9.17, 15) is 14.4 Å². The number of carbonyl (C=O) groups excluding carboxylic acids is 2. The van der Waals surface area contributed by atoms with Gasteiger partial charge in [-0.1, -0.05) is 0 Å². The Morgan fingerprint density at radius 1 is 1.33 bits per heavy atom. The van der Waals surface area contributed by atoms with Gasteiger partial charge in [-0.3, -0.25) is 9.59 Å². The van der Waals surface area contributed by atoms with Crippen molar-refractivity contribution in [3.63, 3.8) is 0 Å². The highest BCUT2D eigenvalue weighted by atomic mass is 32.1. The number of carbonyl (C=O) groups is 3. The Labute approximate surface area is 88.9 Å². The molecule has 1 N–H and O–H groups in total. The summed E-state index contributed by atoms with van der Waals surface area (Å²) < 4.78 is 0. The lowest BCUT2D eigenvalue weighted by atomic mass is 10.3. The Balaban J connectivity index is 2.45. The van der Waals surface area contributed by atoms with Gasteiger partial charge in [-0.25, -0.2) is 9.69 Å². The zero-order valence-electron chi connectivity index (χ0n) is 7.60. The summed E-state index contributed by atoms with van der Waals surface area (Å²) >= 11 is 1.09. The largest absolute Gasteiger partial charge is 0.478 e. The van der Waals surface area contributed by atoms with Gasteiger partial charge in [-0.05, 0) is 11.4 Å². The van der Waals surface area contributed by atoms with Crippen molar-refractivity contribution < 1.29 is 19.5 Å². The quantitative estimate of drug-likeness (QED) is 0.765. The number of carboxylic acid groups (broad SMARTS) is 1. The predicted octanol–water partition coefficient (Wildman–Crippen LogP) is 1.10. The second-order valence-electron chi connectivity index (χ2n) is 3.07. The summed E-state index contributed by atoms with van der Waals surface area (Å²) in [6, 6.07) is 1.39. The van der Waals surface area contributed by atoms with E-state index < -0.39 is 5.97 Å². The maximum Gasteiger partial charge on any atom is 0.338 e. The lowest BCUT2D eigenvalue weighted by molar-refractivity contribution is -0.121. The Kier molecular flexibility index (Phi) is 2.28. The maximum atomic E-state index is 11.4. The Hall–Kier alpha value is -1.69. The van der Waals surface area contributed by atoms with Gasteiger partial charge in [-0.2, -0.15) is 0 Å². The van der Waals surface area contributed by atoms with Crippen LogP contribution in [0.15, 0.2) is 11.4 Å². The molecule has 0 atom stereocenters. The molecule has 1 aliphatic heterocycles. The predicted molar refractivity (Wildman–Crippen MR) is 53.0 cm³/mol. The van der Waals surface area contributed by atoms with Gasteiger partial charge in [0.2, 0.25) is 11.8 Å². The minimum atomic E-state index is -1.13. The third-order valence-electron chi connectivity index (χ3n) is 2.13. The first kappa shape index (κ1) is 9.85. The summed E-state index contributed by atoms with van der Waals surface area (Å²) in [7, 11) is 0. The number of thiophene rings is 1. The van der Waals surface area contributed by atoms with Crippen molar-refractivity contribution in [2.75, 3.05) is 4.90 Å². The normalized spacial score (nSPS) is 16.1. The van der Waals surface area contributed by atoms with Gasteiger partial charge in [0.1, 0.15) is 5.00 Å². The van der Waals surface area contributed by atoms with Gasteiger partial charge in [-0.15, -0.1) is 11.3 Å². The number of carboxylic acids is 1. The van der Waals surface area contributed by atoms with Crippen LogP contribution in [0.5, 0.6) is 0 Å². The summed E-state index contributed by atoms with van der Waals surface area (Å²) in [4.78, 5) is 34.5. The lowest BCUT2D eigenvalue weighted by Crippen LogP contribution is -2.29. The minimum Gasteiger partial charge on any atom is -0.478 e. The monoisotopic (exact) mass is 225 g/mol. The van der Waals surface area contributed by atoms with E-state index in [1.807, 2.05) is 0 Å². The fourth-order valence-electron chi connectivity index (χ4n) is 1.44. The molecule has 1 fully saturated rings. The highest BCUT2D eigenvalue weighted by Crippen LogP contribution is 2.31. The van der Waals surface area contributed by atoms with Gasteiger partial charge in [0.25, 0.3) is 0 Å². The van der Waals surface area contributed by atoms with Crippen molar-refractivity contribution in [3.8, 4) is 0 Å². The van der Waals surface area contributed by atoms with Crippen LogP contribution in [0, 0.1) is 0 Å². The van der Waals surface area contributed by atoms with Crippen molar-refractivity contribution in [2.24, 2.45) is 0 Å². The molecule has 1 aliphatic rings. The molecule has 2 rings (SSSR count). The maximum absolute atomic E-state index is 11.4. The van der Waals surface area contributed by atoms with Crippen LogP contribution in [0.25, 0.3) is 0 Å². The average molecular weight is 225 g/mol. The topological polar surface area (TPSA) is 74.7 Å². The van der Waals surface area contributed by atoms with Crippen molar-refractivity contribution >= 4 is 34.1 Å². The van der Waals surface area contributed by atoms with Crippen molar-refractivity contribution in [2.45, 2.75) is 12.8 Å². The number of amides is 2. The van der Waals surface area contributed by atoms with Gasteiger partial charge in [0.15, 0.2) is 0 Å². The molecule has 0 radical (unpaired) electrons. The van der Waals surface area contributed by atoms with E-state index in [-0.39, 0.29) is 35.2 Å². The van der Waals surface area contributed by atoms with E-state index in [4.69, 9.17) is 5.11 Å². The molecule has 6 heteroatoms. The second-order valence-corrected chi connectivity index (χ2v) is 3.96. The number of imide groups is 1. The van der Waals surface area contributed by atoms with Crippen LogP contribution in [0.4, 0.5) is 5.00 Å². The Bertz CT molecular complexity index is 435. The first-order chi connectivity index (χ1) is 7.11. The number of aromatic carboxylic acids is 1. The molecule has 78 valence electrons. The van der Waals surface area contributed by atoms with Crippen molar-refractivity contribution in [1.29, 1.82) is 0 Å². The molecule has 15 heavy (non-hydrogen) atoms. The van der Waals surface area contributed by atoms with Crippen molar-refractivity contribution in [1.82, 2.24) is 0 Å². The lowest BCUT2D eigenvalue weighted by Gasteiger charge is -2.11. The number of rotatable bonds is 2. The fourth-order valence-corrected chi connectivity index (χ4v) is 2.36. The molecule has 1 aromatic rings. The standard InChI is InChI=1S/C9H7NO4S/c11-6-1-2-7(12)10(6)8-5(9(13)14)3-4-15-8/h3-4H,1-2H2,(H,13,14). The fraction of sp³-hybridized carbons (Fsp3) is 0.222. The molecular formula is C9H7NO4S. The van der Waals surface area contributed by atoms with Gasteiger partial charge >= 0.3 is 5.97 Å². The summed E-state index contributed by atoms with van der Waals surface area (Å²) in [6.07, 6.45) is 0.325. The average Bonchev–Trinajstić information content (AvgIpc) is 2.73. The van der Waals surface area contributed by atoms with E-state index in [0.717, 1.165) is 16.2 Å². The van der Waals surface area contributed by atoms with E-state index in [0.29, 0.717) is 0 Å². The molecule has 0 spiro atoms. The summed E-state index contributed by atoms with van der Waals surface area (Å²) in [5.41, 5.74) is 0.00333. The van der Waals surface area contributed by atoms with E-state index >= 15 is 0 Å². The first-order valence-corrected chi connectivity index (χ1v) is 5.16. The third-order valence-corrected chi connectivity index (χ3v) is 3.03. The second kappa shape index (κ2) is 3.47. The molecule has 0 unspecified atom stereocenters. The van der Waals surface area contributed by atoms with Crippen LogP contribution >= 0.6 is 11.3 Å². The van der Waals surface area contributed by atoms with Crippen LogP contribution in [0.2, 0.25) is 0 Å². The van der Waals surface area contributed by atoms with E-state index in [2.05, 4.69) is 0 Å². The minimum absolute atomic E-state index is 0.00333. The molecule has 2 amide bonds. The molecule has 1 saturated heterocycles. The number of hydrogen-bond donors (Lipinski definition) is 1. The molecule has 0 aliphatic carbocycles. The smallest absolute Gasteiger partial charge is 0.338 e. The van der Waals surface area contributed by atoms with Crippen LogP contribution in [0.1, 0.15) is 23.2 Å². The molecular weight excluding hydrogens is 218 g/mol. The molecule has 2 heterocycles.